The van der Waals surface area contributed by atoms with E-state index in [1.807, 2.05) is 6.26 Å². The number of aromatic nitrogens is 1. The van der Waals surface area contributed by atoms with Crippen LogP contribution in [0.4, 0.5) is 5.69 Å². The summed E-state index contributed by atoms with van der Waals surface area (Å²) in [6.45, 7) is 1.55. The second-order valence-corrected chi connectivity index (χ2v) is 8.16. The predicted molar refractivity (Wildman–Crippen MR) is 115 cm³/mol. The molecule has 2 aromatic rings. The first-order valence-corrected chi connectivity index (χ1v) is 11.0. The normalized spacial score (nSPS) is 14.4. The third-order valence-corrected chi connectivity index (χ3v) is 5.99. The molecule has 1 aromatic heterocycles. The van der Waals surface area contributed by atoms with Crippen molar-refractivity contribution < 1.29 is 14.5 Å². The Balaban J connectivity index is 1.55. The fraction of sp³-hybridized carbons (Fsp3) is 0.350. The Morgan fingerprint density at radius 3 is 2.70 bits per heavy atom. The zero-order valence-corrected chi connectivity index (χ0v) is 17.9. The Morgan fingerprint density at radius 2 is 2.03 bits per heavy atom. The quantitative estimate of drug-likeness (QED) is 0.411. The Morgan fingerprint density at radius 1 is 1.30 bits per heavy atom. The van der Waals surface area contributed by atoms with Gasteiger partial charge >= 0.3 is 0 Å². The van der Waals surface area contributed by atoms with Crippen molar-refractivity contribution in [3.05, 3.63) is 62.8 Å². The summed E-state index contributed by atoms with van der Waals surface area (Å²) in [6, 6.07) is 7.44. The summed E-state index contributed by atoms with van der Waals surface area (Å²) in [6.07, 6.45) is 5.02. The number of rotatable bonds is 6. The fourth-order valence-electron chi connectivity index (χ4n) is 3.41. The lowest BCUT2D eigenvalue weighted by molar-refractivity contribution is -0.385. The van der Waals surface area contributed by atoms with Gasteiger partial charge in [0.2, 0.25) is 0 Å². The van der Waals surface area contributed by atoms with Gasteiger partial charge in [-0.15, -0.1) is 11.8 Å². The van der Waals surface area contributed by atoms with Crippen LogP contribution in [0.3, 0.4) is 0 Å². The van der Waals surface area contributed by atoms with Crippen LogP contribution < -0.4 is 5.32 Å². The molecule has 1 aliphatic rings. The Kier molecular flexibility index (Phi) is 7.28. The van der Waals surface area contributed by atoms with Crippen LogP contribution in [0.2, 0.25) is 5.02 Å². The van der Waals surface area contributed by atoms with E-state index in [2.05, 4.69) is 10.3 Å². The highest BCUT2D eigenvalue weighted by atomic mass is 35.5. The van der Waals surface area contributed by atoms with Crippen molar-refractivity contribution in [1.82, 2.24) is 15.2 Å². The molecule has 3 rings (SSSR count). The van der Waals surface area contributed by atoms with Gasteiger partial charge < -0.3 is 10.2 Å². The number of nitro groups is 1. The minimum atomic E-state index is -0.601. The molecule has 8 nitrogen and oxygen atoms in total. The molecule has 0 bridgehead atoms. The van der Waals surface area contributed by atoms with Crippen LogP contribution in [-0.4, -0.2) is 52.5 Å². The van der Waals surface area contributed by atoms with E-state index in [1.165, 1.54) is 30.0 Å². The standard InChI is InChI=1S/C20H21ClN4O4S/c1-30-19-15(3-2-8-22-19)20(27)24-9-6-13(7-10-24)12-23-18(26)16-11-14(21)4-5-17(16)25(28)29/h2-5,8,11,13H,6-7,9-10,12H2,1H3,(H,23,26). The van der Waals surface area contributed by atoms with E-state index in [9.17, 15) is 19.7 Å². The van der Waals surface area contributed by atoms with Crippen molar-refractivity contribution in [3.63, 3.8) is 0 Å². The highest BCUT2D eigenvalue weighted by Crippen LogP contribution is 2.24. The third-order valence-electron chi connectivity index (χ3n) is 5.05. The number of benzene rings is 1. The first-order valence-electron chi connectivity index (χ1n) is 9.41. The molecule has 0 unspecified atom stereocenters. The van der Waals surface area contributed by atoms with Gasteiger partial charge in [-0.25, -0.2) is 4.98 Å². The Bertz CT molecular complexity index is 964. The molecule has 158 valence electrons. The van der Waals surface area contributed by atoms with E-state index < -0.39 is 10.8 Å². The van der Waals surface area contributed by atoms with Crippen LogP contribution in [0.15, 0.2) is 41.6 Å². The van der Waals surface area contributed by atoms with Crippen molar-refractivity contribution in [3.8, 4) is 0 Å². The average Bonchev–Trinajstić information content (AvgIpc) is 2.77. The first-order chi connectivity index (χ1) is 14.4. The largest absolute Gasteiger partial charge is 0.352 e. The number of halogens is 1. The Labute approximate surface area is 183 Å². The molecule has 0 radical (unpaired) electrons. The maximum absolute atomic E-state index is 12.8. The number of thioether (sulfide) groups is 1. The molecule has 1 N–H and O–H groups in total. The highest BCUT2D eigenvalue weighted by molar-refractivity contribution is 7.98. The van der Waals surface area contributed by atoms with E-state index in [4.69, 9.17) is 11.6 Å². The summed E-state index contributed by atoms with van der Waals surface area (Å²) < 4.78 is 0. The van der Waals surface area contributed by atoms with E-state index in [0.29, 0.717) is 30.2 Å². The van der Waals surface area contributed by atoms with Crippen molar-refractivity contribution in [2.45, 2.75) is 17.9 Å². The van der Waals surface area contributed by atoms with E-state index in [-0.39, 0.29) is 28.1 Å². The van der Waals surface area contributed by atoms with Crippen LogP contribution in [0.25, 0.3) is 0 Å². The topological polar surface area (TPSA) is 105 Å². The minimum absolute atomic E-state index is 0.0375. The number of nitro benzene ring substituents is 1. The molecule has 1 saturated heterocycles. The lowest BCUT2D eigenvalue weighted by Crippen LogP contribution is -2.41. The molecule has 0 spiro atoms. The number of pyridine rings is 1. The van der Waals surface area contributed by atoms with Gasteiger partial charge in [0.05, 0.1) is 10.5 Å². The molecule has 1 aromatic carbocycles. The van der Waals surface area contributed by atoms with Crippen LogP contribution >= 0.6 is 23.4 Å². The summed E-state index contributed by atoms with van der Waals surface area (Å²) in [5.41, 5.74) is 0.268. The van der Waals surface area contributed by atoms with Gasteiger partial charge in [-0.2, -0.15) is 0 Å². The maximum atomic E-state index is 12.8. The molecule has 1 aliphatic heterocycles. The predicted octanol–water partition coefficient (Wildman–Crippen LogP) is 3.65. The lowest BCUT2D eigenvalue weighted by Gasteiger charge is -2.32. The SMILES string of the molecule is CSc1ncccc1C(=O)N1CCC(CNC(=O)c2cc(Cl)ccc2[N+](=O)[O-])CC1. The molecule has 0 atom stereocenters. The van der Waals surface area contributed by atoms with Gasteiger partial charge in [0.15, 0.2) is 0 Å². The molecule has 1 fully saturated rings. The van der Waals surface area contributed by atoms with Gasteiger partial charge in [0, 0.05) is 36.9 Å². The molecule has 10 heteroatoms. The van der Waals surface area contributed by atoms with Crippen molar-refractivity contribution in [2.24, 2.45) is 5.92 Å². The van der Waals surface area contributed by atoms with Crippen molar-refractivity contribution in [2.75, 3.05) is 25.9 Å². The van der Waals surface area contributed by atoms with Gasteiger partial charge in [0.1, 0.15) is 10.6 Å². The molecule has 0 aliphatic carbocycles. The number of likely N-dealkylation sites (tertiary alicyclic amines) is 1. The third kappa shape index (κ3) is 5.09. The number of piperidine rings is 1. The van der Waals surface area contributed by atoms with E-state index >= 15 is 0 Å². The van der Waals surface area contributed by atoms with Crippen LogP contribution in [0.1, 0.15) is 33.6 Å². The number of hydrogen-bond donors (Lipinski definition) is 1. The van der Waals surface area contributed by atoms with E-state index in [1.54, 1.807) is 23.2 Å². The molecule has 0 saturated carbocycles. The molecule has 30 heavy (non-hydrogen) atoms. The number of carbonyl (C=O) groups excluding carboxylic acids is 2. The smallest absolute Gasteiger partial charge is 0.282 e. The lowest BCUT2D eigenvalue weighted by atomic mass is 9.96. The Hall–Kier alpha value is -2.65. The van der Waals surface area contributed by atoms with Gasteiger partial charge in [0.25, 0.3) is 17.5 Å². The summed E-state index contributed by atoms with van der Waals surface area (Å²) in [5, 5.41) is 14.9. The summed E-state index contributed by atoms with van der Waals surface area (Å²) in [4.78, 5) is 41.8. The molecular weight excluding hydrogens is 428 g/mol. The van der Waals surface area contributed by atoms with Gasteiger partial charge in [-0.3, -0.25) is 19.7 Å². The van der Waals surface area contributed by atoms with Crippen molar-refractivity contribution >= 4 is 40.9 Å². The molecule has 2 heterocycles. The van der Waals surface area contributed by atoms with Crippen LogP contribution in [-0.2, 0) is 0 Å². The highest BCUT2D eigenvalue weighted by Gasteiger charge is 2.26. The summed E-state index contributed by atoms with van der Waals surface area (Å²) >= 11 is 7.32. The second-order valence-electron chi connectivity index (χ2n) is 6.92. The zero-order chi connectivity index (χ0) is 21.7. The number of nitrogens with zero attached hydrogens (tertiary/aromatic N) is 3. The molecular formula is C20H21ClN4O4S. The fourth-order valence-corrected chi connectivity index (χ4v) is 4.12. The van der Waals surface area contributed by atoms with Gasteiger partial charge in [-0.05, 0) is 49.3 Å². The average molecular weight is 449 g/mol. The monoisotopic (exact) mass is 448 g/mol. The van der Waals surface area contributed by atoms with Gasteiger partial charge in [-0.1, -0.05) is 11.6 Å². The number of carbonyl (C=O) groups is 2. The minimum Gasteiger partial charge on any atom is -0.352 e. The van der Waals surface area contributed by atoms with E-state index in [0.717, 1.165) is 12.8 Å². The second kappa shape index (κ2) is 9.90. The number of amides is 2. The summed E-state index contributed by atoms with van der Waals surface area (Å²) in [7, 11) is 0. The van der Waals surface area contributed by atoms with Crippen molar-refractivity contribution in [1.29, 1.82) is 0 Å². The number of hydrogen-bond acceptors (Lipinski definition) is 6. The summed E-state index contributed by atoms with van der Waals surface area (Å²) in [5.74, 6) is -0.377. The van der Waals surface area contributed by atoms with Crippen LogP contribution in [0.5, 0.6) is 0 Å². The molecule has 2 amide bonds. The maximum Gasteiger partial charge on any atom is 0.282 e. The van der Waals surface area contributed by atoms with Crippen LogP contribution in [0, 0.1) is 16.0 Å². The zero-order valence-electron chi connectivity index (χ0n) is 16.3. The first kappa shape index (κ1) is 22.0. The number of nitrogens with one attached hydrogen (secondary N) is 1.